The highest BCUT2D eigenvalue weighted by molar-refractivity contribution is 5.75. The normalized spacial score (nSPS) is 12.2. The molecule has 0 aliphatic rings. The van der Waals surface area contributed by atoms with Gasteiger partial charge in [-0.15, -0.1) is 0 Å². The van der Waals surface area contributed by atoms with Gasteiger partial charge in [0.1, 0.15) is 49.5 Å². The topological polar surface area (TPSA) is 71.1 Å². The van der Waals surface area contributed by atoms with Crippen LogP contribution >= 0.6 is 0 Å². The molecule has 0 aliphatic carbocycles. The highest BCUT2D eigenvalue weighted by Crippen LogP contribution is 2.33. The number of rotatable bonds is 13. The summed E-state index contributed by atoms with van der Waals surface area (Å²) in [6.45, 7) is 4.42. The zero-order chi connectivity index (χ0) is 26.7. The Morgan fingerprint density at radius 1 is 0.579 bits per heavy atom. The lowest BCUT2D eigenvalue weighted by Crippen LogP contribution is -2.23. The van der Waals surface area contributed by atoms with E-state index in [2.05, 4.69) is 0 Å². The predicted octanol–water partition coefficient (Wildman–Crippen LogP) is 6.67. The molecule has 4 aromatic rings. The third kappa shape index (κ3) is 7.46. The van der Waals surface area contributed by atoms with Crippen LogP contribution in [0.1, 0.15) is 34.6 Å². The second-order valence-corrected chi connectivity index (χ2v) is 8.88. The van der Waals surface area contributed by atoms with E-state index in [1.807, 2.05) is 62.4 Å². The number of carbonyl (C=O) groups is 2. The van der Waals surface area contributed by atoms with Crippen molar-refractivity contribution in [3.63, 3.8) is 0 Å². The second kappa shape index (κ2) is 13.1. The van der Waals surface area contributed by atoms with Crippen LogP contribution in [0, 0.1) is 0 Å². The average Bonchev–Trinajstić information content (AvgIpc) is 2.96. The molecule has 2 atom stereocenters. The molecule has 4 rings (SSSR count). The predicted molar refractivity (Wildman–Crippen MR) is 147 cm³/mol. The first kappa shape index (κ1) is 26.5. The molecule has 0 fully saturated rings. The molecule has 0 N–H and O–H groups in total. The SMILES string of the molecule is CC(COc1ccc(-c2ccccc2)cc1OCC(C)Oc1ccc(C=O)cc1)Oc1ccc(C=O)cc1. The van der Waals surface area contributed by atoms with Gasteiger partial charge in [-0.2, -0.15) is 0 Å². The first-order chi connectivity index (χ1) is 18.5. The standard InChI is InChI=1S/C32H30O6/c1-23(37-29-13-8-25(19-33)9-14-29)21-35-31-17-12-28(27-6-4-3-5-7-27)18-32(31)36-22-24(2)38-30-15-10-26(20-34)11-16-30/h3-20,23-24H,21-22H2,1-2H3. The molecular formula is C32H30O6. The van der Waals surface area contributed by atoms with Crippen molar-refractivity contribution in [2.24, 2.45) is 0 Å². The fraction of sp³-hybridized carbons (Fsp3) is 0.188. The Morgan fingerprint density at radius 3 is 1.58 bits per heavy atom. The monoisotopic (exact) mass is 510 g/mol. The van der Waals surface area contributed by atoms with Gasteiger partial charge in [0, 0.05) is 11.1 Å². The van der Waals surface area contributed by atoms with E-state index < -0.39 is 0 Å². The Bertz CT molecular complexity index is 1320. The van der Waals surface area contributed by atoms with Crippen molar-refractivity contribution < 1.29 is 28.5 Å². The molecule has 4 aromatic carbocycles. The molecule has 0 saturated carbocycles. The summed E-state index contributed by atoms with van der Waals surface area (Å²) in [5.41, 5.74) is 3.26. The third-order valence-corrected chi connectivity index (χ3v) is 5.70. The lowest BCUT2D eigenvalue weighted by molar-refractivity contribution is 0.111. The Balaban J connectivity index is 1.43. The number of carbonyl (C=O) groups excluding carboxylic acids is 2. The highest BCUT2D eigenvalue weighted by atomic mass is 16.6. The van der Waals surface area contributed by atoms with Crippen LogP contribution in [-0.2, 0) is 0 Å². The Kier molecular flexibility index (Phi) is 9.13. The quantitative estimate of drug-likeness (QED) is 0.187. The number of hydrogen-bond donors (Lipinski definition) is 0. The first-order valence-corrected chi connectivity index (χ1v) is 12.4. The molecular weight excluding hydrogens is 480 g/mol. The fourth-order valence-electron chi connectivity index (χ4n) is 3.75. The van der Waals surface area contributed by atoms with E-state index in [1.165, 1.54) is 0 Å². The summed E-state index contributed by atoms with van der Waals surface area (Å²) in [5.74, 6) is 2.52. The maximum atomic E-state index is 10.9. The summed E-state index contributed by atoms with van der Waals surface area (Å²) in [6.07, 6.45) is 1.11. The molecule has 0 radical (unpaired) electrons. The Morgan fingerprint density at radius 2 is 1.08 bits per heavy atom. The van der Waals surface area contributed by atoms with Gasteiger partial charge in [-0.3, -0.25) is 9.59 Å². The van der Waals surface area contributed by atoms with Crippen molar-refractivity contribution in [3.05, 3.63) is 108 Å². The Labute approximate surface area is 222 Å². The van der Waals surface area contributed by atoms with Crippen LogP contribution in [0.3, 0.4) is 0 Å². The number of aldehydes is 2. The summed E-state index contributed by atoms with van der Waals surface area (Å²) in [6, 6.07) is 29.8. The minimum atomic E-state index is -0.248. The van der Waals surface area contributed by atoms with Crippen LogP contribution < -0.4 is 18.9 Å². The maximum Gasteiger partial charge on any atom is 0.161 e. The van der Waals surface area contributed by atoms with Gasteiger partial charge in [-0.05, 0) is 85.6 Å². The second-order valence-electron chi connectivity index (χ2n) is 8.88. The molecule has 0 amide bonds. The van der Waals surface area contributed by atoms with Gasteiger partial charge < -0.3 is 18.9 Å². The van der Waals surface area contributed by atoms with Crippen LogP contribution in [0.4, 0.5) is 0 Å². The van der Waals surface area contributed by atoms with Crippen molar-refractivity contribution in [2.75, 3.05) is 13.2 Å². The van der Waals surface area contributed by atoms with Crippen LogP contribution in [0.15, 0.2) is 97.1 Å². The van der Waals surface area contributed by atoms with E-state index in [1.54, 1.807) is 48.5 Å². The van der Waals surface area contributed by atoms with Gasteiger partial charge in [0.25, 0.3) is 0 Å². The van der Waals surface area contributed by atoms with E-state index in [9.17, 15) is 9.59 Å². The molecule has 0 heterocycles. The molecule has 38 heavy (non-hydrogen) atoms. The summed E-state index contributed by atoms with van der Waals surface area (Å²) in [5, 5.41) is 0. The van der Waals surface area contributed by atoms with Gasteiger partial charge in [0.05, 0.1) is 0 Å². The number of benzene rings is 4. The zero-order valence-electron chi connectivity index (χ0n) is 21.4. The minimum absolute atomic E-state index is 0.240. The molecule has 2 unspecified atom stereocenters. The van der Waals surface area contributed by atoms with Gasteiger partial charge in [-0.1, -0.05) is 36.4 Å². The van der Waals surface area contributed by atoms with Gasteiger partial charge in [0.15, 0.2) is 11.5 Å². The Hall–Kier alpha value is -4.58. The van der Waals surface area contributed by atoms with Crippen LogP contribution in [0.2, 0.25) is 0 Å². The zero-order valence-corrected chi connectivity index (χ0v) is 21.4. The van der Waals surface area contributed by atoms with E-state index >= 15 is 0 Å². The maximum absolute atomic E-state index is 10.9. The van der Waals surface area contributed by atoms with Crippen molar-refractivity contribution in [1.82, 2.24) is 0 Å². The van der Waals surface area contributed by atoms with Crippen LogP contribution in [0.25, 0.3) is 11.1 Å². The smallest absolute Gasteiger partial charge is 0.161 e. The minimum Gasteiger partial charge on any atom is -0.487 e. The summed E-state index contributed by atoms with van der Waals surface area (Å²) in [7, 11) is 0. The van der Waals surface area contributed by atoms with Crippen molar-refractivity contribution in [3.8, 4) is 34.1 Å². The third-order valence-electron chi connectivity index (χ3n) is 5.70. The molecule has 0 saturated heterocycles. The summed E-state index contributed by atoms with van der Waals surface area (Å²) >= 11 is 0. The fourth-order valence-corrected chi connectivity index (χ4v) is 3.75. The molecule has 0 aromatic heterocycles. The van der Waals surface area contributed by atoms with E-state index in [0.717, 1.165) is 23.7 Å². The van der Waals surface area contributed by atoms with Gasteiger partial charge >= 0.3 is 0 Å². The van der Waals surface area contributed by atoms with Crippen LogP contribution in [-0.4, -0.2) is 38.0 Å². The van der Waals surface area contributed by atoms with Crippen LogP contribution in [0.5, 0.6) is 23.0 Å². The molecule has 6 nitrogen and oxygen atoms in total. The summed E-state index contributed by atoms with van der Waals surface area (Å²) in [4.78, 5) is 21.7. The first-order valence-electron chi connectivity index (χ1n) is 12.4. The summed E-state index contributed by atoms with van der Waals surface area (Å²) < 4.78 is 24.2. The lowest BCUT2D eigenvalue weighted by atomic mass is 10.1. The molecule has 0 spiro atoms. The largest absolute Gasteiger partial charge is 0.487 e. The molecule has 6 heteroatoms. The number of ether oxygens (including phenoxy) is 4. The van der Waals surface area contributed by atoms with E-state index in [4.69, 9.17) is 18.9 Å². The van der Waals surface area contributed by atoms with Crippen molar-refractivity contribution >= 4 is 12.6 Å². The van der Waals surface area contributed by atoms with Crippen molar-refractivity contribution in [2.45, 2.75) is 26.1 Å². The van der Waals surface area contributed by atoms with E-state index in [0.29, 0.717) is 47.3 Å². The molecule has 0 aliphatic heterocycles. The molecule has 194 valence electrons. The highest BCUT2D eigenvalue weighted by Gasteiger charge is 2.14. The van der Waals surface area contributed by atoms with Gasteiger partial charge in [0.2, 0.25) is 0 Å². The average molecular weight is 511 g/mol. The number of hydrogen-bond acceptors (Lipinski definition) is 6. The molecule has 0 bridgehead atoms. The lowest BCUT2D eigenvalue weighted by Gasteiger charge is -2.20. The van der Waals surface area contributed by atoms with E-state index in [-0.39, 0.29) is 12.2 Å². The van der Waals surface area contributed by atoms with Gasteiger partial charge in [-0.25, -0.2) is 0 Å². The van der Waals surface area contributed by atoms with Crippen molar-refractivity contribution in [1.29, 1.82) is 0 Å².